The zero-order chi connectivity index (χ0) is 20.0. The van der Waals surface area contributed by atoms with Crippen LogP contribution in [-0.4, -0.2) is 32.8 Å². The summed E-state index contributed by atoms with van der Waals surface area (Å²) in [6, 6.07) is 10.5. The molecule has 0 aromatic heterocycles. The van der Waals surface area contributed by atoms with Crippen LogP contribution in [0.15, 0.2) is 35.2 Å². The first kappa shape index (κ1) is 21.4. The van der Waals surface area contributed by atoms with Crippen molar-refractivity contribution >= 4 is 20.3 Å². The first-order valence-corrected chi connectivity index (χ1v) is 12.8. The maximum atomic E-state index is 6.97. The minimum absolute atomic E-state index is 0.00875. The van der Waals surface area contributed by atoms with Gasteiger partial charge in [0.05, 0.1) is 12.7 Å². The fourth-order valence-corrected chi connectivity index (χ4v) is 11.0. The number of rotatable bonds is 2. The van der Waals surface area contributed by atoms with Crippen LogP contribution in [0, 0.1) is 11.8 Å². The minimum atomic E-state index is -2.45. The van der Waals surface area contributed by atoms with Gasteiger partial charge in [-0.25, -0.2) is 0 Å². The summed E-state index contributed by atoms with van der Waals surface area (Å²) < 4.78 is 20.1. The number of fused-ring (bicyclic) bond motifs is 1. The van der Waals surface area contributed by atoms with Crippen molar-refractivity contribution in [3.63, 3.8) is 0 Å². The van der Waals surface area contributed by atoms with Crippen molar-refractivity contribution < 1.29 is 13.6 Å². The van der Waals surface area contributed by atoms with Gasteiger partial charge in [-0.1, -0.05) is 85.4 Å². The molecule has 0 aliphatic carbocycles. The highest BCUT2D eigenvalue weighted by molar-refractivity contribution is 7.99. The molecule has 5 atom stereocenters. The van der Waals surface area contributed by atoms with E-state index in [0.29, 0.717) is 18.4 Å². The summed E-state index contributed by atoms with van der Waals surface area (Å²) >= 11 is 1.82. The molecule has 2 saturated heterocycles. The highest BCUT2D eigenvalue weighted by atomic mass is 32.2. The Morgan fingerprint density at radius 2 is 1.52 bits per heavy atom. The second-order valence-electron chi connectivity index (χ2n) is 10.2. The highest BCUT2D eigenvalue weighted by Gasteiger charge is 2.63. The van der Waals surface area contributed by atoms with Crippen LogP contribution in [0.2, 0.25) is 10.1 Å². The number of benzene rings is 1. The van der Waals surface area contributed by atoms with E-state index in [-0.39, 0.29) is 27.7 Å². The summed E-state index contributed by atoms with van der Waals surface area (Å²) in [4.78, 5) is 1.26. The molecule has 0 amide bonds. The lowest BCUT2D eigenvalue weighted by Gasteiger charge is -2.58. The summed E-state index contributed by atoms with van der Waals surface area (Å²) in [5.41, 5.74) is 0.134. The third-order valence-corrected chi connectivity index (χ3v) is 12.6. The summed E-state index contributed by atoms with van der Waals surface area (Å²) in [6.07, 6.45) is 0.134. The van der Waals surface area contributed by atoms with Crippen LogP contribution < -0.4 is 0 Å². The van der Waals surface area contributed by atoms with Crippen molar-refractivity contribution in [2.45, 2.75) is 88.0 Å². The predicted octanol–water partition coefficient (Wildman–Crippen LogP) is 6.23. The number of hydrogen-bond donors (Lipinski definition) is 0. The molecule has 0 N–H and O–H groups in total. The molecule has 0 spiro atoms. The van der Waals surface area contributed by atoms with Crippen molar-refractivity contribution in [2.75, 3.05) is 6.61 Å². The van der Waals surface area contributed by atoms with Gasteiger partial charge in [0.2, 0.25) is 0 Å². The molecular weight excluding hydrogens is 372 g/mol. The summed E-state index contributed by atoms with van der Waals surface area (Å²) in [6.45, 7) is 18.9. The minimum Gasteiger partial charge on any atom is -0.391 e. The van der Waals surface area contributed by atoms with Gasteiger partial charge in [0, 0.05) is 15.0 Å². The number of ether oxygens (including phenoxy) is 1. The van der Waals surface area contributed by atoms with Crippen molar-refractivity contribution in [2.24, 2.45) is 11.8 Å². The maximum Gasteiger partial charge on any atom is 0.349 e. The van der Waals surface area contributed by atoms with E-state index in [2.05, 4.69) is 85.7 Å². The summed E-state index contributed by atoms with van der Waals surface area (Å²) in [5, 5.41) is 0.0175. The molecule has 2 aliphatic rings. The molecule has 2 fully saturated rings. The Kier molecular flexibility index (Phi) is 5.93. The van der Waals surface area contributed by atoms with Crippen LogP contribution in [0.3, 0.4) is 0 Å². The predicted molar refractivity (Wildman–Crippen MR) is 115 cm³/mol. The molecule has 27 heavy (non-hydrogen) atoms. The van der Waals surface area contributed by atoms with E-state index in [9.17, 15) is 0 Å². The van der Waals surface area contributed by atoms with Gasteiger partial charge < -0.3 is 13.6 Å². The van der Waals surface area contributed by atoms with Gasteiger partial charge in [-0.3, -0.25) is 0 Å². The molecule has 0 bridgehead atoms. The molecule has 152 valence electrons. The Labute approximate surface area is 170 Å². The quantitative estimate of drug-likeness (QED) is 0.542. The molecule has 0 radical (unpaired) electrons. The normalized spacial score (nSPS) is 34.1. The van der Waals surface area contributed by atoms with Gasteiger partial charge in [-0.15, -0.1) is 0 Å². The molecule has 5 heteroatoms. The van der Waals surface area contributed by atoms with Crippen LogP contribution in [0.25, 0.3) is 0 Å². The lowest BCUT2D eigenvalue weighted by molar-refractivity contribution is -0.179. The molecule has 1 aromatic rings. The second-order valence-corrected chi connectivity index (χ2v) is 16.1. The highest BCUT2D eigenvalue weighted by Crippen LogP contribution is 2.56. The summed E-state index contributed by atoms with van der Waals surface area (Å²) in [7, 11) is -2.45. The molecule has 3 rings (SSSR count). The fraction of sp³-hybridized carbons (Fsp3) is 0.727. The van der Waals surface area contributed by atoms with Crippen molar-refractivity contribution in [3.8, 4) is 0 Å². The van der Waals surface area contributed by atoms with E-state index in [0.717, 1.165) is 0 Å². The van der Waals surface area contributed by atoms with E-state index >= 15 is 0 Å². The lowest BCUT2D eigenvalue weighted by Crippen LogP contribution is -2.68. The van der Waals surface area contributed by atoms with Gasteiger partial charge in [0.25, 0.3) is 0 Å². The average Bonchev–Trinajstić information content (AvgIpc) is 2.58. The largest absolute Gasteiger partial charge is 0.391 e. The Balaban J connectivity index is 1.82. The van der Waals surface area contributed by atoms with Gasteiger partial charge in [-0.05, 0) is 24.0 Å². The SMILES string of the molecule is CC1[C@@H](C)[C@H]2O[Si](C(C)(C)C)(C(C)(C)C)OCC2O[C@H]1Sc1ccccc1. The molecule has 2 unspecified atom stereocenters. The Morgan fingerprint density at radius 1 is 0.926 bits per heavy atom. The van der Waals surface area contributed by atoms with Crippen LogP contribution in [0.1, 0.15) is 55.4 Å². The number of thioether (sulfide) groups is 1. The van der Waals surface area contributed by atoms with Gasteiger partial charge in [0.1, 0.15) is 11.5 Å². The standard InChI is InChI=1S/C22H36O3SSi/c1-15-16(2)20(26-17-12-10-9-11-13-17)24-18-14-23-27(21(3,4)5,22(6,7)8)25-19(15)18/h9-13,15-16,18-20H,14H2,1-8H3/t15-,16?,18?,19-,20+/m1/s1. The van der Waals surface area contributed by atoms with Crippen LogP contribution in [-0.2, 0) is 13.6 Å². The van der Waals surface area contributed by atoms with Gasteiger partial charge in [-0.2, -0.15) is 0 Å². The van der Waals surface area contributed by atoms with Crippen molar-refractivity contribution in [3.05, 3.63) is 30.3 Å². The molecule has 3 nitrogen and oxygen atoms in total. The van der Waals surface area contributed by atoms with E-state index in [1.807, 2.05) is 11.8 Å². The average molecular weight is 409 g/mol. The maximum absolute atomic E-state index is 6.97. The molecule has 1 aromatic carbocycles. The Hall–Kier alpha value is -0.333. The second kappa shape index (κ2) is 7.49. The monoisotopic (exact) mass is 408 g/mol. The van der Waals surface area contributed by atoms with Crippen LogP contribution in [0.4, 0.5) is 0 Å². The summed E-state index contributed by atoms with van der Waals surface area (Å²) in [5.74, 6) is 0.853. The Morgan fingerprint density at radius 3 is 2.07 bits per heavy atom. The first-order valence-electron chi connectivity index (χ1n) is 10.2. The molecule has 2 aliphatic heterocycles. The van der Waals surface area contributed by atoms with Gasteiger partial charge >= 0.3 is 8.56 Å². The van der Waals surface area contributed by atoms with Crippen molar-refractivity contribution in [1.82, 2.24) is 0 Å². The third kappa shape index (κ3) is 3.91. The number of hydrogen-bond acceptors (Lipinski definition) is 4. The fourth-order valence-electron chi connectivity index (χ4n) is 4.68. The van der Waals surface area contributed by atoms with Crippen LogP contribution in [0.5, 0.6) is 0 Å². The zero-order valence-electron chi connectivity index (χ0n) is 18.1. The van der Waals surface area contributed by atoms with Crippen LogP contribution >= 0.6 is 11.8 Å². The molecular formula is C22H36O3SSi. The first-order chi connectivity index (χ1) is 12.5. The van der Waals surface area contributed by atoms with Gasteiger partial charge in [0.15, 0.2) is 0 Å². The van der Waals surface area contributed by atoms with E-state index in [1.54, 1.807) is 0 Å². The van der Waals surface area contributed by atoms with Crippen molar-refractivity contribution in [1.29, 1.82) is 0 Å². The van der Waals surface area contributed by atoms with E-state index < -0.39 is 8.56 Å². The Bertz CT molecular complexity index is 621. The topological polar surface area (TPSA) is 27.7 Å². The molecule has 2 heterocycles. The van der Waals surface area contributed by atoms with E-state index in [4.69, 9.17) is 13.6 Å². The lowest BCUT2D eigenvalue weighted by atomic mass is 9.86. The van der Waals surface area contributed by atoms with E-state index in [1.165, 1.54) is 4.90 Å². The molecule has 0 saturated carbocycles. The zero-order valence-corrected chi connectivity index (χ0v) is 19.9. The smallest absolute Gasteiger partial charge is 0.349 e. The third-order valence-electron chi connectivity index (χ3n) is 6.18.